The van der Waals surface area contributed by atoms with E-state index < -0.39 is 0 Å². The molecule has 0 unspecified atom stereocenters. The molecule has 3 nitrogen and oxygen atoms in total. The summed E-state index contributed by atoms with van der Waals surface area (Å²) in [7, 11) is 2.17. The van der Waals surface area contributed by atoms with Crippen molar-refractivity contribution in [3.8, 4) is 0 Å². The van der Waals surface area contributed by atoms with Gasteiger partial charge in [-0.25, -0.2) is 0 Å². The minimum absolute atomic E-state index is 0.0316. The van der Waals surface area contributed by atoms with Crippen molar-refractivity contribution >= 4 is 17.4 Å². The number of aryl methyl sites for hydroxylation is 2. The highest BCUT2D eigenvalue weighted by Crippen LogP contribution is 2.31. The lowest BCUT2D eigenvalue weighted by Gasteiger charge is -2.29. The summed E-state index contributed by atoms with van der Waals surface area (Å²) in [5.74, 6) is 0.596. The number of rotatable bonds is 1. The van der Waals surface area contributed by atoms with E-state index in [9.17, 15) is 4.79 Å². The van der Waals surface area contributed by atoms with E-state index >= 15 is 0 Å². The van der Waals surface area contributed by atoms with Crippen LogP contribution >= 0.6 is 11.6 Å². The lowest BCUT2D eigenvalue weighted by molar-refractivity contribution is 0.103. The number of fused-ring (bicyclic) bond motifs is 2. The zero-order valence-electron chi connectivity index (χ0n) is 13.9. The molecule has 24 heavy (non-hydrogen) atoms. The topological polar surface area (TPSA) is 33.2 Å². The second-order valence-corrected chi connectivity index (χ2v) is 7.42. The molecule has 0 saturated carbocycles. The first-order chi connectivity index (χ1) is 11.6. The first-order valence-corrected chi connectivity index (χ1v) is 9.00. The van der Waals surface area contributed by atoms with Crippen LogP contribution in [0.2, 0.25) is 5.02 Å². The van der Waals surface area contributed by atoms with Crippen LogP contribution in [0.1, 0.15) is 51.5 Å². The summed E-state index contributed by atoms with van der Waals surface area (Å²) in [6.07, 6.45) is 5.95. The number of carbonyl (C=O) groups is 1. The number of likely N-dealkylation sites (tertiary alicyclic amines) is 1. The summed E-state index contributed by atoms with van der Waals surface area (Å²) in [5, 5.41) is 0.687. The molecule has 4 heteroatoms. The van der Waals surface area contributed by atoms with Gasteiger partial charge >= 0.3 is 0 Å². The maximum atomic E-state index is 12.9. The van der Waals surface area contributed by atoms with E-state index in [1.807, 2.05) is 18.3 Å². The fraction of sp³-hybridized carbons (Fsp3) is 0.400. The quantitative estimate of drug-likeness (QED) is 0.790. The number of hydrogen-bond acceptors (Lipinski definition) is 3. The Bertz CT molecular complexity index is 794. The van der Waals surface area contributed by atoms with Crippen LogP contribution in [0.15, 0.2) is 30.5 Å². The molecule has 0 radical (unpaired) electrons. The Balaban J connectivity index is 1.67. The molecule has 4 rings (SSSR count). The molecule has 0 N–H and O–H groups in total. The normalized spacial score (nSPS) is 18.8. The number of piperidine rings is 1. The average Bonchev–Trinajstić information content (AvgIpc) is 2.72. The van der Waals surface area contributed by atoms with Gasteiger partial charge in [-0.05, 0) is 86.6 Å². The molecule has 124 valence electrons. The van der Waals surface area contributed by atoms with Gasteiger partial charge < -0.3 is 4.90 Å². The van der Waals surface area contributed by atoms with Crippen LogP contribution in [-0.2, 0) is 12.8 Å². The summed E-state index contributed by atoms with van der Waals surface area (Å²) in [5.41, 5.74) is 4.78. The summed E-state index contributed by atoms with van der Waals surface area (Å²) in [6.45, 7) is 2.26. The van der Waals surface area contributed by atoms with Gasteiger partial charge in [-0.2, -0.15) is 0 Å². The van der Waals surface area contributed by atoms with E-state index in [0.717, 1.165) is 42.6 Å². The van der Waals surface area contributed by atoms with Crippen molar-refractivity contribution in [1.29, 1.82) is 0 Å². The van der Waals surface area contributed by atoms with Gasteiger partial charge in [0.1, 0.15) is 5.69 Å². The van der Waals surface area contributed by atoms with Gasteiger partial charge in [-0.1, -0.05) is 17.7 Å². The number of carbonyl (C=O) groups excluding carboxylic acids is 1. The van der Waals surface area contributed by atoms with Gasteiger partial charge in [0.25, 0.3) is 0 Å². The Labute approximate surface area is 147 Å². The molecule has 1 saturated heterocycles. The zero-order chi connectivity index (χ0) is 16.7. The smallest absolute Gasteiger partial charge is 0.211 e. The highest BCUT2D eigenvalue weighted by Gasteiger charge is 2.25. The van der Waals surface area contributed by atoms with Crippen LogP contribution in [0.3, 0.4) is 0 Å². The summed E-state index contributed by atoms with van der Waals surface area (Å²) >= 11 is 6.10. The van der Waals surface area contributed by atoms with Gasteiger partial charge in [0.05, 0.1) is 0 Å². The molecule has 1 aromatic heterocycles. The average molecular weight is 341 g/mol. The maximum Gasteiger partial charge on any atom is 0.211 e. The third-order valence-electron chi connectivity index (χ3n) is 5.37. The van der Waals surface area contributed by atoms with Gasteiger partial charge in [0, 0.05) is 16.8 Å². The summed E-state index contributed by atoms with van der Waals surface area (Å²) < 4.78 is 0. The van der Waals surface area contributed by atoms with Gasteiger partial charge in [-0.15, -0.1) is 0 Å². The molecule has 1 aliphatic carbocycles. The Morgan fingerprint density at radius 3 is 2.67 bits per heavy atom. The third kappa shape index (κ3) is 2.87. The predicted molar refractivity (Wildman–Crippen MR) is 96.0 cm³/mol. The number of aromatic nitrogens is 1. The number of pyridine rings is 1. The van der Waals surface area contributed by atoms with Crippen molar-refractivity contribution in [1.82, 2.24) is 9.88 Å². The van der Waals surface area contributed by atoms with E-state index in [0.29, 0.717) is 16.6 Å². The lowest BCUT2D eigenvalue weighted by Crippen LogP contribution is -2.29. The number of benzene rings is 1. The van der Waals surface area contributed by atoms with Crippen molar-refractivity contribution in [2.75, 3.05) is 20.1 Å². The van der Waals surface area contributed by atoms with E-state index in [2.05, 4.69) is 23.0 Å². The number of ketones is 1. The zero-order valence-corrected chi connectivity index (χ0v) is 14.6. The molecule has 0 bridgehead atoms. The van der Waals surface area contributed by atoms with E-state index in [-0.39, 0.29) is 5.78 Å². The van der Waals surface area contributed by atoms with Crippen molar-refractivity contribution in [3.05, 3.63) is 63.4 Å². The molecule has 2 aliphatic rings. The first-order valence-electron chi connectivity index (χ1n) is 8.62. The van der Waals surface area contributed by atoms with Crippen molar-refractivity contribution in [3.63, 3.8) is 0 Å². The Hall–Kier alpha value is -1.71. The van der Waals surface area contributed by atoms with Crippen LogP contribution in [0.4, 0.5) is 0 Å². The van der Waals surface area contributed by atoms with Gasteiger partial charge in [0.15, 0.2) is 0 Å². The molecule has 2 aromatic rings. The van der Waals surface area contributed by atoms with Crippen LogP contribution in [0.25, 0.3) is 0 Å². The minimum atomic E-state index is 0.0316. The molecule has 0 atom stereocenters. The van der Waals surface area contributed by atoms with Crippen molar-refractivity contribution in [2.24, 2.45) is 0 Å². The fourth-order valence-electron chi connectivity index (χ4n) is 3.88. The summed E-state index contributed by atoms with van der Waals surface area (Å²) in [4.78, 5) is 19.8. The van der Waals surface area contributed by atoms with Crippen LogP contribution in [-0.4, -0.2) is 35.8 Å². The Morgan fingerprint density at radius 2 is 1.88 bits per heavy atom. The Kier molecular flexibility index (Phi) is 4.15. The first kappa shape index (κ1) is 15.8. The number of hydrogen-bond donors (Lipinski definition) is 0. The van der Waals surface area contributed by atoms with Crippen LogP contribution < -0.4 is 0 Å². The molecule has 0 amide bonds. The van der Waals surface area contributed by atoms with Crippen molar-refractivity contribution < 1.29 is 4.79 Å². The molecular weight excluding hydrogens is 320 g/mol. The molecule has 1 aliphatic heterocycles. The highest BCUT2D eigenvalue weighted by molar-refractivity contribution is 6.30. The second-order valence-electron chi connectivity index (χ2n) is 6.98. The molecule has 1 aromatic carbocycles. The van der Waals surface area contributed by atoms with Crippen LogP contribution in [0, 0.1) is 0 Å². The van der Waals surface area contributed by atoms with E-state index in [4.69, 9.17) is 11.6 Å². The molecule has 0 spiro atoms. The molecule has 1 fully saturated rings. The molecule has 2 heterocycles. The Morgan fingerprint density at radius 1 is 1.12 bits per heavy atom. The molecular formula is C20H21ClN2O. The monoisotopic (exact) mass is 340 g/mol. The van der Waals surface area contributed by atoms with Crippen molar-refractivity contribution in [2.45, 2.75) is 31.6 Å². The fourth-order valence-corrected chi connectivity index (χ4v) is 4.07. The summed E-state index contributed by atoms with van der Waals surface area (Å²) in [6, 6.07) is 7.76. The largest absolute Gasteiger partial charge is 0.306 e. The second kappa shape index (κ2) is 6.30. The van der Waals surface area contributed by atoms with Gasteiger partial charge in [0.2, 0.25) is 5.78 Å². The lowest BCUT2D eigenvalue weighted by atomic mass is 9.89. The van der Waals surface area contributed by atoms with E-state index in [1.165, 1.54) is 18.4 Å². The number of nitrogens with zero attached hydrogens (tertiary/aromatic N) is 2. The highest BCUT2D eigenvalue weighted by atomic mass is 35.5. The maximum absolute atomic E-state index is 12.9. The number of halogens is 1. The SMILES string of the molecule is CN1CCC(c2cnc3c(c2)CCc2cc(Cl)ccc2C3=O)CC1. The van der Waals surface area contributed by atoms with Gasteiger partial charge in [-0.3, -0.25) is 9.78 Å². The predicted octanol–water partition coefficient (Wildman–Crippen LogP) is 3.87. The third-order valence-corrected chi connectivity index (χ3v) is 5.60. The van der Waals surface area contributed by atoms with Crippen LogP contribution in [0.5, 0.6) is 0 Å². The minimum Gasteiger partial charge on any atom is -0.306 e. The standard InChI is InChI=1S/C20H21ClN2O/c1-23-8-6-13(7-9-23)16-10-15-3-2-14-11-17(21)4-5-18(14)20(24)19(15)22-12-16/h4-5,10-13H,2-3,6-9H2,1H3. The van der Waals surface area contributed by atoms with E-state index in [1.54, 1.807) is 6.07 Å².